The number of halogens is 2. The van der Waals surface area contributed by atoms with Gasteiger partial charge in [-0.25, -0.2) is 0 Å². The van der Waals surface area contributed by atoms with Crippen LogP contribution in [0.1, 0.15) is 0 Å². The molecule has 0 amide bonds. The molecule has 0 aromatic carbocycles. The number of ether oxygens (including phenoxy) is 1. The van der Waals surface area contributed by atoms with Crippen LogP contribution in [0.3, 0.4) is 0 Å². The van der Waals surface area contributed by atoms with Crippen molar-refractivity contribution in [2.24, 2.45) is 0 Å². The topological polar surface area (TPSA) is 26.3 Å². The molecule has 2 nitrogen and oxygen atoms in total. The fraction of sp³-hybridized carbons (Fsp3) is 0.833. The van der Waals surface area contributed by atoms with Gasteiger partial charge in [-0.2, -0.15) is 11.8 Å². The third-order valence-electron chi connectivity index (χ3n) is 0.923. The molecule has 1 unspecified atom stereocenters. The average molecular weight is 217 g/mol. The van der Waals surface area contributed by atoms with Crippen molar-refractivity contribution in [3.63, 3.8) is 0 Å². The minimum absolute atomic E-state index is 0.0969. The molecule has 0 bridgehead atoms. The third-order valence-corrected chi connectivity index (χ3v) is 2.30. The Kier molecular flexibility index (Phi) is 7.33. The summed E-state index contributed by atoms with van der Waals surface area (Å²) in [6, 6.07) is 0. The highest BCUT2D eigenvalue weighted by atomic mass is 35.5. The number of thioether (sulfide) groups is 1. The second kappa shape index (κ2) is 7.07. The predicted molar refractivity (Wildman–Crippen MR) is 49.7 cm³/mol. The Labute approximate surface area is 80.6 Å². The molecule has 0 aromatic heterocycles. The van der Waals surface area contributed by atoms with Gasteiger partial charge in [0.2, 0.25) is 0 Å². The van der Waals surface area contributed by atoms with E-state index >= 15 is 0 Å². The summed E-state index contributed by atoms with van der Waals surface area (Å²) in [5.74, 6) is 0.452. The van der Waals surface area contributed by atoms with Crippen molar-refractivity contribution < 1.29 is 9.53 Å². The Morgan fingerprint density at radius 3 is 2.82 bits per heavy atom. The van der Waals surface area contributed by atoms with Crippen LogP contribution in [-0.2, 0) is 9.53 Å². The molecule has 66 valence electrons. The molecular weight excluding hydrogens is 207 g/mol. The van der Waals surface area contributed by atoms with E-state index < -0.39 is 11.3 Å². The van der Waals surface area contributed by atoms with Crippen molar-refractivity contribution in [3.8, 4) is 0 Å². The Hall–Kier alpha value is 0.400. The first kappa shape index (κ1) is 11.4. The Balaban J connectivity index is 3.36. The Morgan fingerprint density at radius 1 is 1.73 bits per heavy atom. The minimum atomic E-state index is -0.710. The van der Waals surface area contributed by atoms with E-state index in [9.17, 15) is 4.79 Å². The van der Waals surface area contributed by atoms with Crippen molar-refractivity contribution in [2.45, 2.75) is 5.38 Å². The van der Waals surface area contributed by atoms with E-state index in [1.54, 1.807) is 11.8 Å². The van der Waals surface area contributed by atoms with E-state index in [1.165, 1.54) is 0 Å². The minimum Gasteiger partial charge on any atom is -0.464 e. The highest BCUT2D eigenvalue weighted by molar-refractivity contribution is 7.98. The molecule has 0 aliphatic carbocycles. The molecule has 0 rings (SSSR count). The van der Waals surface area contributed by atoms with Crippen molar-refractivity contribution in [2.75, 3.05) is 24.5 Å². The van der Waals surface area contributed by atoms with E-state index in [1.807, 2.05) is 6.26 Å². The van der Waals surface area contributed by atoms with Crippen LogP contribution in [0.5, 0.6) is 0 Å². The number of hydrogen-bond acceptors (Lipinski definition) is 3. The number of esters is 1. The van der Waals surface area contributed by atoms with Crippen LogP contribution in [0.25, 0.3) is 0 Å². The lowest BCUT2D eigenvalue weighted by molar-refractivity contribution is -0.142. The highest BCUT2D eigenvalue weighted by Gasteiger charge is 2.14. The molecule has 0 heterocycles. The fourth-order valence-corrected chi connectivity index (χ4v) is 0.818. The first-order valence-electron chi connectivity index (χ1n) is 3.08. The van der Waals surface area contributed by atoms with Crippen LogP contribution in [0, 0.1) is 0 Å². The van der Waals surface area contributed by atoms with Crippen LogP contribution >= 0.6 is 35.0 Å². The van der Waals surface area contributed by atoms with E-state index in [0.717, 1.165) is 5.75 Å². The van der Waals surface area contributed by atoms with Gasteiger partial charge in [0.1, 0.15) is 12.0 Å². The standard InChI is InChI=1S/C6H10Cl2O2S/c1-11-3-2-10-6(9)5(8)4-7/h5H,2-4H2,1H3. The predicted octanol–water partition coefficient (Wildman–Crippen LogP) is 1.74. The summed E-state index contributed by atoms with van der Waals surface area (Å²) < 4.78 is 4.76. The van der Waals surface area contributed by atoms with Crippen molar-refractivity contribution in [1.82, 2.24) is 0 Å². The van der Waals surface area contributed by atoms with Gasteiger partial charge < -0.3 is 4.74 Å². The van der Waals surface area contributed by atoms with Gasteiger partial charge in [0, 0.05) is 11.6 Å². The van der Waals surface area contributed by atoms with Crippen LogP contribution in [0.2, 0.25) is 0 Å². The summed E-state index contributed by atoms with van der Waals surface area (Å²) in [6.45, 7) is 0.403. The van der Waals surface area contributed by atoms with E-state index in [2.05, 4.69) is 0 Å². The summed E-state index contributed by atoms with van der Waals surface area (Å²) >= 11 is 12.4. The zero-order valence-electron chi connectivity index (χ0n) is 6.18. The highest BCUT2D eigenvalue weighted by Crippen LogP contribution is 2.02. The van der Waals surface area contributed by atoms with Gasteiger partial charge in [-0.1, -0.05) is 0 Å². The molecule has 1 atom stereocenters. The summed E-state index contributed by atoms with van der Waals surface area (Å²) in [4.78, 5) is 10.8. The largest absolute Gasteiger partial charge is 0.464 e. The lowest BCUT2D eigenvalue weighted by Crippen LogP contribution is -2.20. The lowest BCUT2D eigenvalue weighted by Gasteiger charge is -2.05. The maximum absolute atomic E-state index is 10.8. The first-order valence-corrected chi connectivity index (χ1v) is 5.44. The summed E-state index contributed by atoms with van der Waals surface area (Å²) in [7, 11) is 0. The molecule has 0 spiro atoms. The van der Waals surface area contributed by atoms with Gasteiger partial charge >= 0.3 is 5.97 Å². The van der Waals surface area contributed by atoms with E-state index in [-0.39, 0.29) is 5.88 Å². The molecule has 0 N–H and O–H groups in total. The van der Waals surface area contributed by atoms with Gasteiger partial charge in [0.15, 0.2) is 0 Å². The second-order valence-electron chi connectivity index (χ2n) is 1.78. The molecule has 0 aromatic rings. The zero-order valence-corrected chi connectivity index (χ0v) is 8.51. The van der Waals surface area contributed by atoms with Crippen molar-refractivity contribution >= 4 is 40.9 Å². The monoisotopic (exact) mass is 216 g/mol. The van der Waals surface area contributed by atoms with E-state index in [4.69, 9.17) is 27.9 Å². The van der Waals surface area contributed by atoms with Gasteiger partial charge in [-0.05, 0) is 6.26 Å². The Bertz CT molecular complexity index is 121. The Morgan fingerprint density at radius 2 is 2.36 bits per heavy atom. The zero-order chi connectivity index (χ0) is 8.69. The summed E-state index contributed by atoms with van der Waals surface area (Å²) in [6.07, 6.45) is 1.94. The molecule has 0 saturated carbocycles. The lowest BCUT2D eigenvalue weighted by atomic mass is 10.5. The first-order chi connectivity index (χ1) is 5.22. The molecule has 0 fully saturated rings. The number of hydrogen-bond donors (Lipinski definition) is 0. The molecule has 0 aliphatic heterocycles. The van der Waals surface area contributed by atoms with Gasteiger partial charge in [0.05, 0.1) is 0 Å². The number of carbonyl (C=O) groups excluding carboxylic acids is 1. The maximum Gasteiger partial charge on any atom is 0.325 e. The molecule has 0 radical (unpaired) electrons. The van der Waals surface area contributed by atoms with Crippen molar-refractivity contribution in [3.05, 3.63) is 0 Å². The van der Waals surface area contributed by atoms with Crippen LogP contribution in [0.15, 0.2) is 0 Å². The van der Waals surface area contributed by atoms with Gasteiger partial charge in [-0.3, -0.25) is 4.79 Å². The van der Waals surface area contributed by atoms with Gasteiger partial charge in [-0.15, -0.1) is 23.2 Å². The van der Waals surface area contributed by atoms with Crippen LogP contribution in [0.4, 0.5) is 0 Å². The second-order valence-corrected chi connectivity index (χ2v) is 3.60. The molecule has 0 saturated heterocycles. The maximum atomic E-state index is 10.8. The number of rotatable bonds is 5. The smallest absolute Gasteiger partial charge is 0.325 e. The van der Waals surface area contributed by atoms with Crippen LogP contribution < -0.4 is 0 Å². The molecule has 11 heavy (non-hydrogen) atoms. The van der Waals surface area contributed by atoms with Crippen molar-refractivity contribution in [1.29, 1.82) is 0 Å². The van der Waals surface area contributed by atoms with Gasteiger partial charge in [0.25, 0.3) is 0 Å². The summed E-state index contributed by atoms with van der Waals surface area (Å²) in [5, 5.41) is -0.710. The normalized spacial score (nSPS) is 12.6. The molecule has 0 aliphatic rings. The molecular formula is C6H10Cl2O2S. The fourth-order valence-electron chi connectivity index (χ4n) is 0.379. The molecule has 5 heteroatoms. The SMILES string of the molecule is CSCCOC(=O)C(Cl)CCl. The van der Waals surface area contributed by atoms with Crippen LogP contribution in [-0.4, -0.2) is 35.8 Å². The third kappa shape index (κ3) is 5.65. The van der Waals surface area contributed by atoms with E-state index in [0.29, 0.717) is 6.61 Å². The summed E-state index contributed by atoms with van der Waals surface area (Å²) in [5.41, 5.74) is 0. The number of carbonyl (C=O) groups is 1. The number of alkyl halides is 2. The average Bonchev–Trinajstić information content (AvgIpc) is 2.03. The quantitative estimate of drug-likeness (QED) is 0.398.